The minimum atomic E-state index is -0.211. The fourth-order valence-electron chi connectivity index (χ4n) is 1.49. The third kappa shape index (κ3) is 2.23. The van der Waals surface area contributed by atoms with Gasteiger partial charge in [0.05, 0.1) is 19.8 Å². The highest BCUT2D eigenvalue weighted by Gasteiger charge is 2.22. The van der Waals surface area contributed by atoms with E-state index >= 15 is 0 Å². The third-order valence-electron chi connectivity index (χ3n) is 2.38. The molecule has 14 heavy (non-hydrogen) atoms. The van der Waals surface area contributed by atoms with Gasteiger partial charge in [0.25, 0.3) is 0 Å². The first-order valence-corrected chi connectivity index (χ1v) is 4.73. The molecule has 1 aromatic carbocycles. The summed E-state index contributed by atoms with van der Waals surface area (Å²) in [6.45, 7) is 0.845. The van der Waals surface area contributed by atoms with E-state index in [4.69, 9.17) is 9.47 Å². The number of hydrogen-bond donors (Lipinski definition) is 0. The standard InChI is InChI=1S/C11H13FO2/c1-13-11-5-3-9(12)6-8(11)2-4-10-7-14-10/h3,5-6,10H,2,4,7H2,1H3. The van der Waals surface area contributed by atoms with Crippen LogP contribution in [-0.2, 0) is 11.2 Å². The summed E-state index contributed by atoms with van der Waals surface area (Å²) in [5.74, 6) is 0.546. The van der Waals surface area contributed by atoms with Crippen molar-refractivity contribution in [3.8, 4) is 5.75 Å². The van der Waals surface area contributed by atoms with Gasteiger partial charge in [0.15, 0.2) is 0 Å². The molecule has 0 saturated carbocycles. The van der Waals surface area contributed by atoms with Crippen LogP contribution in [0, 0.1) is 5.82 Å². The van der Waals surface area contributed by atoms with Gasteiger partial charge in [0, 0.05) is 0 Å². The van der Waals surface area contributed by atoms with Gasteiger partial charge >= 0.3 is 0 Å². The molecule has 3 heteroatoms. The summed E-state index contributed by atoms with van der Waals surface area (Å²) < 4.78 is 23.2. The lowest BCUT2D eigenvalue weighted by Gasteiger charge is -2.07. The van der Waals surface area contributed by atoms with Crippen LogP contribution in [-0.4, -0.2) is 19.8 Å². The van der Waals surface area contributed by atoms with Crippen LogP contribution in [0.15, 0.2) is 18.2 Å². The minimum absolute atomic E-state index is 0.211. The number of hydrogen-bond acceptors (Lipinski definition) is 2. The molecule has 76 valence electrons. The number of halogens is 1. The van der Waals surface area contributed by atoms with Crippen LogP contribution in [0.1, 0.15) is 12.0 Å². The van der Waals surface area contributed by atoms with Crippen molar-refractivity contribution in [1.82, 2.24) is 0 Å². The maximum absolute atomic E-state index is 12.9. The lowest BCUT2D eigenvalue weighted by atomic mass is 10.1. The molecule has 1 unspecified atom stereocenters. The van der Waals surface area contributed by atoms with Gasteiger partial charge < -0.3 is 9.47 Å². The molecule has 0 aromatic heterocycles. The van der Waals surface area contributed by atoms with E-state index in [1.165, 1.54) is 12.1 Å². The first-order valence-electron chi connectivity index (χ1n) is 4.73. The number of aryl methyl sites for hydroxylation is 1. The second-order valence-electron chi connectivity index (χ2n) is 3.45. The maximum Gasteiger partial charge on any atom is 0.123 e. The quantitative estimate of drug-likeness (QED) is 0.688. The highest BCUT2D eigenvalue weighted by molar-refractivity contribution is 5.34. The molecule has 0 radical (unpaired) electrons. The second kappa shape index (κ2) is 3.96. The first-order chi connectivity index (χ1) is 6.79. The van der Waals surface area contributed by atoms with Crippen molar-refractivity contribution in [2.45, 2.75) is 18.9 Å². The number of methoxy groups -OCH3 is 1. The second-order valence-corrected chi connectivity index (χ2v) is 3.45. The summed E-state index contributed by atoms with van der Waals surface area (Å²) in [4.78, 5) is 0. The molecule has 0 N–H and O–H groups in total. The van der Waals surface area contributed by atoms with Crippen LogP contribution in [0.4, 0.5) is 4.39 Å². The third-order valence-corrected chi connectivity index (χ3v) is 2.38. The molecule has 2 rings (SSSR count). The summed E-state index contributed by atoms with van der Waals surface area (Å²) in [5, 5.41) is 0. The van der Waals surface area contributed by atoms with Crippen LogP contribution in [0.25, 0.3) is 0 Å². The van der Waals surface area contributed by atoms with Crippen LogP contribution in [0.2, 0.25) is 0 Å². The van der Waals surface area contributed by atoms with Gasteiger partial charge in [0.1, 0.15) is 11.6 Å². The zero-order valence-corrected chi connectivity index (χ0v) is 8.13. The van der Waals surface area contributed by atoms with Crippen LogP contribution in [0.3, 0.4) is 0 Å². The fraction of sp³-hybridized carbons (Fsp3) is 0.455. The lowest BCUT2D eigenvalue weighted by molar-refractivity contribution is 0.389. The molecule has 1 atom stereocenters. The van der Waals surface area contributed by atoms with Gasteiger partial charge in [-0.05, 0) is 36.6 Å². The monoisotopic (exact) mass is 196 g/mol. The Kier molecular flexibility index (Phi) is 2.68. The zero-order valence-electron chi connectivity index (χ0n) is 8.13. The normalized spacial score (nSPS) is 19.4. The maximum atomic E-state index is 12.9. The van der Waals surface area contributed by atoms with Crippen molar-refractivity contribution in [2.75, 3.05) is 13.7 Å². The Balaban J connectivity index is 2.07. The van der Waals surface area contributed by atoms with Crippen LogP contribution in [0.5, 0.6) is 5.75 Å². The Hall–Kier alpha value is -1.09. The zero-order chi connectivity index (χ0) is 9.97. The van der Waals surface area contributed by atoms with Crippen molar-refractivity contribution in [3.05, 3.63) is 29.6 Å². The smallest absolute Gasteiger partial charge is 0.123 e. The van der Waals surface area contributed by atoms with Gasteiger partial charge in [0.2, 0.25) is 0 Å². The van der Waals surface area contributed by atoms with Crippen LogP contribution >= 0.6 is 0 Å². The highest BCUT2D eigenvalue weighted by Crippen LogP contribution is 2.24. The average Bonchev–Trinajstić information content (AvgIpc) is 2.98. The molecular weight excluding hydrogens is 183 g/mol. The molecule has 0 amide bonds. The predicted octanol–water partition coefficient (Wildman–Crippen LogP) is 2.17. The number of benzene rings is 1. The van der Waals surface area contributed by atoms with Gasteiger partial charge in [-0.3, -0.25) is 0 Å². The minimum Gasteiger partial charge on any atom is -0.496 e. The Morgan fingerprint density at radius 3 is 3.00 bits per heavy atom. The predicted molar refractivity (Wildman–Crippen MR) is 51.0 cm³/mol. The highest BCUT2D eigenvalue weighted by atomic mass is 19.1. The summed E-state index contributed by atoms with van der Waals surface area (Å²) in [6, 6.07) is 4.61. The Bertz CT molecular complexity index is 321. The largest absolute Gasteiger partial charge is 0.496 e. The average molecular weight is 196 g/mol. The molecular formula is C11H13FO2. The van der Waals surface area contributed by atoms with Crippen molar-refractivity contribution in [2.24, 2.45) is 0 Å². The van der Waals surface area contributed by atoms with Crippen molar-refractivity contribution >= 4 is 0 Å². The van der Waals surface area contributed by atoms with Gasteiger partial charge in [-0.25, -0.2) is 4.39 Å². The van der Waals surface area contributed by atoms with E-state index < -0.39 is 0 Å². The molecule has 0 spiro atoms. The number of epoxide rings is 1. The van der Waals surface area contributed by atoms with E-state index in [1.807, 2.05) is 0 Å². The topological polar surface area (TPSA) is 21.8 Å². The van der Waals surface area contributed by atoms with E-state index in [0.717, 1.165) is 30.8 Å². The van der Waals surface area contributed by atoms with Crippen molar-refractivity contribution < 1.29 is 13.9 Å². The summed E-state index contributed by atoms with van der Waals surface area (Å²) in [6.07, 6.45) is 2.13. The lowest BCUT2D eigenvalue weighted by Crippen LogP contribution is -1.96. The summed E-state index contributed by atoms with van der Waals surface area (Å²) in [5.41, 5.74) is 0.919. The van der Waals surface area contributed by atoms with E-state index in [1.54, 1.807) is 13.2 Å². The van der Waals surface area contributed by atoms with E-state index in [9.17, 15) is 4.39 Å². The summed E-state index contributed by atoms with van der Waals surface area (Å²) in [7, 11) is 1.60. The summed E-state index contributed by atoms with van der Waals surface area (Å²) >= 11 is 0. The number of rotatable bonds is 4. The van der Waals surface area contributed by atoms with Crippen molar-refractivity contribution in [3.63, 3.8) is 0 Å². The molecule has 1 aliphatic rings. The molecule has 0 aliphatic carbocycles. The Labute approximate surface area is 82.6 Å². The molecule has 1 saturated heterocycles. The van der Waals surface area contributed by atoms with Gasteiger partial charge in [-0.1, -0.05) is 0 Å². The van der Waals surface area contributed by atoms with Gasteiger partial charge in [-0.15, -0.1) is 0 Å². The molecule has 0 bridgehead atoms. The molecule has 1 aromatic rings. The van der Waals surface area contributed by atoms with E-state index in [-0.39, 0.29) is 5.82 Å². The SMILES string of the molecule is COc1ccc(F)cc1CCC1CO1. The first kappa shape index (κ1) is 9.46. The molecule has 1 aliphatic heterocycles. The molecule has 2 nitrogen and oxygen atoms in total. The van der Waals surface area contributed by atoms with E-state index in [2.05, 4.69) is 0 Å². The molecule has 1 fully saturated rings. The van der Waals surface area contributed by atoms with Gasteiger partial charge in [-0.2, -0.15) is 0 Å². The van der Waals surface area contributed by atoms with E-state index in [0.29, 0.717) is 6.10 Å². The fourth-order valence-corrected chi connectivity index (χ4v) is 1.49. The Morgan fingerprint density at radius 2 is 2.36 bits per heavy atom. The Morgan fingerprint density at radius 1 is 1.57 bits per heavy atom. The molecule has 1 heterocycles. The van der Waals surface area contributed by atoms with Crippen molar-refractivity contribution in [1.29, 1.82) is 0 Å². The number of ether oxygens (including phenoxy) is 2. The van der Waals surface area contributed by atoms with Crippen LogP contribution < -0.4 is 4.74 Å².